The van der Waals surface area contributed by atoms with Crippen molar-refractivity contribution in [2.24, 2.45) is 5.92 Å². The molecule has 0 radical (unpaired) electrons. The molecule has 1 N–H and O–H groups in total. The first-order valence-corrected chi connectivity index (χ1v) is 4.61. The van der Waals surface area contributed by atoms with Gasteiger partial charge in [-0.3, -0.25) is 10.0 Å². The maximum Gasteiger partial charge on any atom is 0.248 e. The molecule has 1 aromatic rings. The van der Waals surface area contributed by atoms with Crippen molar-refractivity contribution in [1.29, 1.82) is 0 Å². The lowest BCUT2D eigenvalue weighted by Gasteiger charge is -2.14. The number of carbonyl (C=O) groups excluding carboxylic acids is 1. The zero-order valence-corrected chi connectivity index (χ0v) is 8.47. The molecule has 1 atom stereocenters. The van der Waals surface area contributed by atoms with Crippen LogP contribution < -0.4 is 0 Å². The van der Waals surface area contributed by atoms with Gasteiger partial charge in [-0.05, 0) is 12.0 Å². The molecule has 0 heterocycles. The maximum absolute atomic E-state index is 11.3. The van der Waals surface area contributed by atoms with E-state index in [2.05, 4.69) is 0 Å². The second kappa shape index (κ2) is 4.77. The van der Waals surface area contributed by atoms with Gasteiger partial charge in [-0.25, -0.2) is 5.06 Å². The number of carbonyl (C=O) groups is 1. The van der Waals surface area contributed by atoms with E-state index in [0.717, 1.165) is 5.56 Å². The van der Waals surface area contributed by atoms with Crippen LogP contribution in [0.4, 0.5) is 0 Å². The van der Waals surface area contributed by atoms with Gasteiger partial charge in [0.25, 0.3) is 0 Å². The molecule has 0 bridgehead atoms. The standard InChI is InChI=1S/C11H15NO2/c1-9(11(13)12(2)14)8-10-6-4-3-5-7-10/h3-7,9,14H,8H2,1-2H3. The largest absolute Gasteiger partial charge is 0.286 e. The van der Waals surface area contributed by atoms with E-state index >= 15 is 0 Å². The van der Waals surface area contributed by atoms with Crippen LogP contribution in [0.2, 0.25) is 0 Å². The van der Waals surface area contributed by atoms with Crippen LogP contribution in [0, 0.1) is 5.92 Å². The minimum Gasteiger partial charge on any atom is -0.286 e. The van der Waals surface area contributed by atoms with Gasteiger partial charge in [0, 0.05) is 13.0 Å². The number of hydrogen-bond donors (Lipinski definition) is 1. The van der Waals surface area contributed by atoms with Crippen molar-refractivity contribution in [2.45, 2.75) is 13.3 Å². The highest BCUT2D eigenvalue weighted by Crippen LogP contribution is 2.09. The van der Waals surface area contributed by atoms with Crippen molar-refractivity contribution in [3.05, 3.63) is 35.9 Å². The number of benzene rings is 1. The first-order valence-electron chi connectivity index (χ1n) is 4.61. The summed E-state index contributed by atoms with van der Waals surface area (Å²) in [6, 6.07) is 9.76. The molecule has 0 aliphatic heterocycles. The third-order valence-electron chi connectivity index (χ3n) is 2.13. The van der Waals surface area contributed by atoms with Crippen LogP contribution in [0.25, 0.3) is 0 Å². The Labute approximate surface area is 83.9 Å². The predicted octanol–water partition coefficient (Wildman–Crippen LogP) is 1.71. The lowest BCUT2D eigenvalue weighted by atomic mass is 10.0. The van der Waals surface area contributed by atoms with Gasteiger partial charge >= 0.3 is 0 Å². The fourth-order valence-electron chi connectivity index (χ4n) is 1.37. The van der Waals surface area contributed by atoms with E-state index in [1.165, 1.54) is 7.05 Å². The Morgan fingerprint density at radius 2 is 2.00 bits per heavy atom. The van der Waals surface area contributed by atoms with Crippen molar-refractivity contribution in [2.75, 3.05) is 7.05 Å². The molecule has 3 nitrogen and oxygen atoms in total. The topological polar surface area (TPSA) is 40.5 Å². The number of amides is 1. The summed E-state index contributed by atoms with van der Waals surface area (Å²) in [4.78, 5) is 11.3. The van der Waals surface area contributed by atoms with Gasteiger partial charge in [-0.15, -0.1) is 0 Å². The van der Waals surface area contributed by atoms with Crippen LogP contribution in [0.3, 0.4) is 0 Å². The van der Waals surface area contributed by atoms with Crippen LogP contribution in [-0.2, 0) is 11.2 Å². The summed E-state index contributed by atoms with van der Waals surface area (Å²) in [5, 5.41) is 9.60. The Morgan fingerprint density at radius 3 is 2.50 bits per heavy atom. The van der Waals surface area contributed by atoms with Crippen LogP contribution in [0.15, 0.2) is 30.3 Å². The molecule has 0 fully saturated rings. The van der Waals surface area contributed by atoms with Crippen molar-refractivity contribution < 1.29 is 10.0 Å². The molecule has 0 spiro atoms. The summed E-state index contributed by atoms with van der Waals surface area (Å²) in [7, 11) is 1.35. The molecule has 76 valence electrons. The molecule has 0 aromatic heterocycles. The van der Waals surface area contributed by atoms with Crippen LogP contribution >= 0.6 is 0 Å². The van der Waals surface area contributed by atoms with Crippen LogP contribution in [0.5, 0.6) is 0 Å². The van der Waals surface area contributed by atoms with E-state index < -0.39 is 0 Å². The maximum atomic E-state index is 11.3. The first kappa shape index (κ1) is 10.7. The van der Waals surface area contributed by atoms with Crippen molar-refractivity contribution in [1.82, 2.24) is 5.06 Å². The Morgan fingerprint density at radius 1 is 1.43 bits per heavy atom. The predicted molar refractivity (Wildman–Crippen MR) is 53.9 cm³/mol. The van der Waals surface area contributed by atoms with E-state index in [1.54, 1.807) is 0 Å². The molecule has 0 aliphatic carbocycles. The van der Waals surface area contributed by atoms with E-state index in [4.69, 9.17) is 5.21 Å². The normalized spacial score (nSPS) is 12.2. The Kier molecular flexibility index (Phi) is 3.65. The fraction of sp³-hybridized carbons (Fsp3) is 0.364. The fourth-order valence-corrected chi connectivity index (χ4v) is 1.37. The average molecular weight is 193 g/mol. The highest BCUT2D eigenvalue weighted by atomic mass is 16.5. The van der Waals surface area contributed by atoms with Crippen molar-refractivity contribution in [3.63, 3.8) is 0 Å². The Balaban J connectivity index is 2.57. The first-order chi connectivity index (χ1) is 6.61. The average Bonchev–Trinajstić information content (AvgIpc) is 2.18. The van der Waals surface area contributed by atoms with Crippen LogP contribution in [0.1, 0.15) is 12.5 Å². The molecular weight excluding hydrogens is 178 g/mol. The van der Waals surface area contributed by atoms with E-state index in [9.17, 15) is 4.79 Å². The minimum atomic E-state index is -0.256. The van der Waals surface area contributed by atoms with Gasteiger partial charge < -0.3 is 0 Å². The summed E-state index contributed by atoms with van der Waals surface area (Å²) in [5.41, 5.74) is 1.11. The molecule has 0 saturated carbocycles. The molecule has 3 heteroatoms. The van der Waals surface area contributed by atoms with E-state index in [0.29, 0.717) is 11.5 Å². The van der Waals surface area contributed by atoms with Crippen LogP contribution in [-0.4, -0.2) is 23.2 Å². The third-order valence-corrected chi connectivity index (χ3v) is 2.13. The Bertz CT molecular complexity index is 295. The molecule has 1 amide bonds. The monoisotopic (exact) mass is 193 g/mol. The van der Waals surface area contributed by atoms with Gasteiger partial charge in [-0.2, -0.15) is 0 Å². The van der Waals surface area contributed by atoms with Gasteiger partial charge in [0.05, 0.1) is 0 Å². The lowest BCUT2D eigenvalue weighted by molar-refractivity contribution is -0.163. The number of hydrogen-bond acceptors (Lipinski definition) is 2. The molecule has 0 aliphatic rings. The summed E-state index contributed by atoms with van der Waals surface area (Å²) in [6.07, 6.45) is 0.657. The zero-order valence-electron chi connectivity index (χ0n) is 8.47. The third kappa shape index (κ3) is 2.85. The number of rotatable bonds is 3. The smallest absolute Gasteiger partial charge is 0.248 e. The van der Waals surface area contributed by atoms with Gasteiger partial charge in [0.1, 0.15) is 0 Å². The van der Waals surface area contributed by atoms with Crippen molar-refractivity contribution >= 4 is 5.91 Å². The highest BCUT2D eigenvalue weighted by molar-refractivity contribution is 5.77. The molecular formula is C11H15NO2. The number of nitrogens with zero attached hydrogens (tertiary/aromatic N) is 1. The van der Waals surface area contributed by atoms with E-state index in [-0.39, 0.29) is 11.8 Å². The van der Waals surface area contributed by atoms with Gasteiger partial charge in [0.2, 0.25) is 5.91 Å². The lowest BCUT2D eigenvalue weighted by Crippen LogP contribution is -2.29. The molecule has 14 heavy (non-hydrogen) atoms. The quantitative estimate of drug-likeness (QED) is 0.586. The molecule has 1 unspecified atom stereocenters. The molecule has 1 rings (SSSR count). The summed E-state index contributed by atoms with van der Waals surface area (Å²) < 4.78 is 0. The zero-order chi connectivity index (χ0) is 10.6. The van der Waals surface area contributed by atoms with Gasteiger partial charge in [0.15, 0.2) is 0 Å². The summed E-state index contributed by atoms with van der Waals surface area (Å²) in [6.45, 7) is 1.81. The molecule has 0 saturated heterocycles. The van der Waals surface area contributed by atoms with Gasteiger partial charge in [-0.1, -0.05) is 37.3 Å². The van der Waals surface area contributed by atoms with Crippen molar-refractivity contribution in [3.8, 4) is 0 Å². The second-order valence-electron chi connectivity index (χ2n) is 3.45. The minimum absolute atomic E-state index is 0.188. The van der Waals surface area contributed by atoms with E-state index in [1.807, 2.05) is 37.3 Å². The second-order valence-corrected chi connectivity index (χ2v) is 3.45. The summed E-state index contributed by atoms with van der Waals surface area (Å²) in [5.74, 6) is -0.443. The Hall–Kier alpha value is -1.35. The SMILES string of the molecule is CC(Cc1ccccc1)C(=O)N(C)O. The number of hydroxylamine groups is 2. The highest BCUT2D eigenvalue weighted by Gasteiger charge is 2.16. The molecule has 1 aromatic carbocycles. The summed E-state index contributed by atoms with van der Waals surface area (Å²) >= 11 is 0.